The van der Waals surface area contributed by atoms with Crippen LogP contribution >= 0.6 is 0 Å². The third-order valence-corrected chi connectivity index (χ3v) is 3.53. The second-order valence-electron chi connectivity index (χ2n) is 5.35. The highest BCUT2D eigenvalue weighted by molar-refractivity contribution is 5.94. The quantitative estimate of drug-likeness (QED) is 0.681. The molecule has 0 unspecified atom stereocenters. The second-order valence-corrected chi connectivity index (χ2v) is 5.35. The van der Waals surface area contributed by atoms with Gasteiger partial charge in [0.2, 0.25) is 5.91 Å². The highest BCUT2D eigenvalue weighted by atomic mass is 19.3. The van der Waals surface area contributed by atoms with Gasteiger partial charge in [0.1, 0.15) is 5.82 Å². The van der Waals surface area contributed by atoms with Crippen molar-refractivity contribution in [1.82, 2.24) is 20.2 Å². The third kappa shape index (κ3) is 5.98. The van der Waals surface area contributed by atoms with Crippen LogP contribution in [0.25, 0.3) is 0 Å². The van der Waals surface area contributed by atoms with Gasteiger partial charge in [0.05, 0.1) is 0 Å². The lowest BCUT2D eigenvalue weighted by atomic mass is 10.2. The number of rotatable bonds is 9. The van der Waals surface area contributed by atoms with E-state index in [0.717, 1.165) is 4.57 Å². The Bertz CT molecular complexity index is 689. The molecule has 0 saturated heterocycles. The van der Waals surface area contributed by atoms with Gasteiger partial charge in [-0.05, 0) is 18.6 Å². The zero-order valence-electron chi connectivity index (χ0n) is 13.6. The van der Waals surface area contributed by atoms with E-state index < -0.39 is 6.55 Å². The summed E-state index contributed by atoms with van der Waals surface area (Å²) in [5.74, 6) is -0.144. The van der Waals surface area contributed by atoms with Crippen LogP contribution in [0.2, 0.25) is 0 Å². The molecule has 1 aromatic carbocycles. The van der Waals surface area contributed by atoms with Crippen molar-refractivity contribution in [2.24, 2.45) is 0 Å². The van der Waals surface area contributed by atoms with E-state index in [0.29, 0.717) is 18.5 Å². The van der Waals surface area contributed by atoms with E-state index >= 15 is 0 Å². The average Bonchev–Trinajstić information content (AvgIpc) is 3.08. The molecular formula is C17H20F2N4O2. The number of hydrogen-bond donors (Lipinski definition) is 2. The largest absolute Gasteiger partial charge is 0.356 e. The molecule has 0 spiro atoms. The van der Waals surface area contributed by atoms with Crippen molar-refractivity contribution < 1.29 is 18.4 Å². The van der Waals surface area contributed by atoms with Gasteiger partial charge in [0, 0.05) is 43.9 Å². The van der Waals surface area contributed by atoms with E-state index in [9.17, 15) is 18.4 Å². The monoisotopic (exact) mass is 350 g/mol. The first-order valence-corrected chi connectivity index (χ1v) is 7.97. The molecule has 0 aliphatic carbocycles. The van der Waals surface area contributed by atoms with Crippen molar-refractivity contribution in [1.29, 1.82) is 0 Å². The number of nitrogens with zero attached hydrogens (tertiary/aromatic N) is 2. The summed E-state index contributed by atoms with van der Waals surface area (Å²) in [4.78, 5) is 27.3. The van der Waals surface area contributed by atoms with Crippen molar-refractivity contribution in [3.05, 3.63) is 54.1 Å². The molecule has 25 heavy (non-hydrogen) atoms. The van der Waals surface area contributed by atoms with Gasteiger partial charge in [-0.3, -0.25) is 14.2 Å². The molecule has 2 aromatic rings. The lowest BCUT2D eigenvalue weighted by molar-refractivity contribution is -0.121. The summed E-state index contributed by atoms with van der Waals surface area (Å²) in [5.41, 5.74) is 0.571. The van der Waals surface area contributed by atoms with Gasteiger partial charge in [-0.1, -0.05) is 18.2 Å². The second kappa shape index (κ2) is 9.51. The van der Waals surface area contributed by atoms with Crippen LogP contribution in [0.4, 0.5) is 8.78 Å². The molecule has 0 bridgehead atoms. The molecule has 0 aliphatic rings. The van der Waals surface area contributed by atoms with E-state index in [-0.39, 0.29) is 37.0 Å². The summed E-state index contributed by atoms with van der Waals surface area (Å²) >= 11 is 0. The maximum atomic E-state index is 12.6. The first-order chi connectivity index (χ1) is 12.1. The molecule has 8 heteroatoms. The summed E-state index contributed by atoms with van der Waals surface area (Å²) in [7, 11) is 0. The molecule has 2 amide bonds. The Kier molecular flexibility index (Phi) is 7.06. The molecule has 6 nitrogen and oxygen atoms in total. The average molecular weight is 350 g/mol. The van der Waals surface area contributed by atoms with Crippen molar-refractivity contribution >= 4 is 11.8 Å². The standard InChI is InChI=1S/C17H20F2N4O2/c18-17(19)23-12-11-20-14(23)8-10-21-15(24)7-4-9-22-16(25)13-5-2-1-3-6-13/h1-3,5-6,11-12,17H,4,7-10H2,(H,21,24)(H,22,25). The SMILES string of the molecule is O=C(CCCNC(=O)c1ccccc1)NCCc1nccn1C(F)F. The highest BCUT2D eigenvalue weighted by Gasteiger charge is 2.11. The van der Waals surface area contributed by atoms with Crippen LogP contribution in [0.15, 0.2) is 42.7 Å². The summed E-state index contributed by atoms with van der Waals surface area (Å²) in [5, 5.41) is 5.39. The van der Waals surface area contributed by atoms with Crippen molar-refractivity contribution in [2.45, 2.75) is 25.8 Å². The van der Waals surface area contributed by atoms with Gasteiger partial charge in [-0.2, -0.15) is 8.78 Å². The predicted octanol–water partition coefficient (Wildman–Crippen LogP) is 2.15. The summed E-state index contributed by atoms with van der Waals surface area (Å²) in [6.07, 6.45) is 3.48. The van der Waals surface area contributed by atoms with Crippen molar-refractivity contribution in [3.63, 3.8) is 0 Å². The van der Waals surface area contributed by atoms with Crippen LogP contribution in [0.1, 0.15) is 35.6 Å². The fourth-order valence-electron chi connectivity index (χ4n) is 2.26. The molecule has 134 valence electrons. The number of halogens is 2. The summed E-state index contributed by atoms with van der Waals surface area (Å²) in [6, 6.07) is 8.81. The summed E-state index contributed by atoms with van der Waals surface area (Å²) < 4.78 is 26.1. The molecule has 0 atom stereocenters. The fourth-order valence-corrected chi connectivity index (χ4v) is 2.26. The van der Waals surface area contributed by atoms with Gasteiger partial charge in [-0.15, -0.1) is 0 Å². The number of imidazole rings is 1. The maximum Gasteiger partial charge on any atom is 0.319 e. The van der Waals surface area contributed by atoms with Crippen LogP contribution < -0.4 is 10.6 Å². The van der Waals surface area contributed by atoms with Gasteiger partial charge in [0.25, 0.3) is 5.91 Å². The van der Waals surface area contributed by atoms with E-state index in [4.69, 9.17) is 0 Å². The normalized spacial score (nSPS) is 10.7. The number of amides is 2. The first kappa shape index (κ1) is 18.6. The lowest BCUT2D eigenvalue weighted by Gasteiger charge is -2.08. The van der Waals surface area contributed by atoms with Gasteiger partial charge in [-0.25, -0.2) is 4.98 Å². The van der Waals surface area contributed by atoms with Gasteiger partial charge >= 0.3 is 6.55 Å². The smallest absolute Gasteiger partial charge is 0.319 e. The number of aromatic nitrogens is 2. The Balaban J connectivity index is 1.60. The first-order valence-electron chi connectivity index (χ1n) is 7.97. The number of carbonyl (C=O) groups is 2. The molecule has 2 N–H and O–H groups in total. The van der Waals surface area contributed by atoms with Crippen molar-refractivity contribution in [2.75, 3.05) is 13.1 Å². The number of carbonyl (C=O) groups excluding carboxylic acids is 2. The van der Waals surface area contributed by atoms with Gasteiger partial charge < -0.3 is 10.6 Å². The Morgan fingerprint density at radius 2 is 1.88 bits per heavy atom. The van der Waals surface area contributed by atoms with Gasteiger partial charge in [0.15, 0.2) is 0 Å². The minimum atomic E-state index is -2.64. The van der Waals surface area contributed by atoms with Crippen LogP contribution in [0.3, 0.4) is 0 Å². The van der Waals surface area contributed by atoms with E-state index in [1.54, 1.807) is 24.3 Å². The number of benzene rings is 1. The molecule has 0 radical (unpaired) electrons. The van der Waals surface area contributed by atoms with Crippen LogP contribution in [0, 0.1) is 0 Å². The topological polar surface area (TPSA) is 76.0 Å². The third-order valence-electron chi connectivity index (χ3n) is 3.53. The maximum absolute atomic E-state index is 12.6. The highest BCUT2D eigenvalue weighted by Crippen LogP contribution is 2.12. The predicted molar refractivity (Wildman–Crippen MR) is 88.2 cm³/mol. The Labute approximate surface area is 144 Å². The van der Waals surface area contributed by atoms with Crippen LogP contribution in [0.5, 0.6) is 0 Å². The minimum absolute atomic E-state index is 0.181. The Morgan fingerprint density at radius 1 is 1.12 bits per heavy atom. The van der Waals surface area contributed by atoms with Crippen LogP contribution in [-0.2, 0) is 11.2 Å². The van der Waals surface area contributed by atoms with E-state index in [1.165, 1.54) is 12.4 Å². The zero-order valence-corrected chi connectivity index (χ0v) is 13.6. The van der Waals surface area contributed by atoms with E-state index in [1.807, 2.05) is 6.07 Å². The molecule has 2 rings (SSSR count). The molecule has 1 aromatic heterocycles. The molecule has 0 aliphatic heterocycles. The number of alkyl halides is 2. The molecular weight excluding hydrogens is 330 g/mol. The zero-order chi connectivity index (χ0) is 18.1. The van der Waals surface area contributed by atoms with E-state index in [2.05, 4.69) is 15.6 Å². The Morgan fingerprint density at radius 3 is 2.60 bits per heavy atom. The fraction of sp³-hybridized carbons (Fsp3) is 0.353. The molecule has 0 saturated carbocycles. The minimum Gasteiger partial charge on any atom is -0.356 e. The molecule has 1 heterocycles. The number of nitrogens with one attached hydrogen (secondary N) is 2. The lowest BCUT2D eigenvalue weighted by Crippen LogP contribution is -2.29. The molecule has 0 fully saturated rings. The summed E-state index contributed by atoms with van der Waals surface area (Å²) in [6.45, 7) is -2.02. The van der Waals surface area contributed by atoms with Crippen LogP contribution in [-0.4, -0.2) is 34.5 Å². The van der Waals surface area contributed by atoms with Crippen molar-refractivity contribution in [3.8, 4) is 0 Å². The Hall–Kier alpha value is -2.77. The number of hydrogen-bond acceptors (Lipinski definition) is 3.